The number of nitrogens with zero attached hydrogens (tertiary/aromatic N) is 1. The van der Waals surface area contributed by atoms with Gasteiger partial charge in [-0.1, -0.05) is 18.6 Å². The van der Waals surface area contributed by atoms with Crippen molar-refractivity contribution < 1.29 is 9.53 Å². The molecule has 1 saturated carbocycles. The molecule has 1 aromatic carbocycles. The highest BCUT2D eigenvalue weighted by molar-refractivity contribution is 5.79. The number of likely N-dealkylation sites (N-methyl/N-ethyl adjacent to an activating group) is 1. The Morgan fingerprint density at radius 2 is 2.00 bits per heavy atom. The largest absolute Gasteiger partial charge is 0.497 e. The fraction of sp³-hybridized carbons (Fsp3) is 0.562. The number of amides is 1. The van der Waals surface area contributed by atoms with Crippen LogP contribution in [0.15, 0.2) is 24.3 Å². The van der Waals surface area contributed by atoms with Crippen molar-refractivity contribution in [3.8, 4) is 5.75 Å². The molecular weight excluding hydrogens is 252 g/mol. The third kappa shape index (κ3) is 3.51. The molecule has 1 unspecified atom stereocenters. The molecule has 1 fully saturated rings. The molecule has 0 aliphatic heterocycles. The van der Waals surface area contributed by atoms with Crippen molar-refractivity contribution >= 4 is 5.91 Å². The summed E-state index contributed by atoms with van der Waals surface area (Å²) in [6, 6.07) is 8.21. The maximum Gasteiger partial charge on any atom is 0.223 e. The number of benzene rings is 1. The van der Waals surface area contributed by atoms with E-state index in [0.717, 1.165) is 18.6 Å². The highest BCUT2D eigenvalue weighted by atomic mass is 16.5. The van der Waals surface area contributed by atoms with Crippen molar-refractivity contribution in [2.75, 3.05) is 27.7 Å². The zero-order valence-corrected chi connectivity index (χ0v) is 12.6. The Morgan fingerprint density at radius 3 is 2.45 bits per heavy atom. The summed E-state index contributed by atoms with van der Waals surface area (Å²) >= 11 is 0. The molecule has 1 aromatic rings. The van der Waals surface area contributed by atoms with Gasteiger partial charge < -0.3 is 15.0 Å². The smallest absolute Gasteiger partial charge is 0.223 e. The first kappa shape index (κ1) is 14.9. The average Bonchev–Trinajstić information content (AvgIpc) is 2.37. The van der Waals surface area contributed by atoms with E-state index < -0.39 is 0 Å². The van der Waals surface area contributed by atoms with Gasteiger partial charge in [0.05, 0.1) is 13.2 Å². The maximum atomic E-state index is 11.9. The summed E-state index contributed by atoms with van der Waals surface area (Å²) in [5.74, 6) is 1.30. The van der Waals surface area contributed by atoms with E-state index >= 15 is 0 Å². The fourth-order valence-corrected chi connectivity index (χ4v) is 2.44. The minimum Gasteiger partial charge on any atom is -0.497 e. The van der Waals surface area contributed by atoms with E-state index in [9.17, 15) is 4.79 Å². The summed E-state index contributed by atoms with van der Waals surface area (Å²) in [7, 11) is 5.73. The molecular formula is C16H24N2O2. The number of ether oxygens (including phenoxy) is 1. The third-order valence-corrected chi connectivity index (χ3v) is 4.07. The van der Waals surface area contributed by atoms with E-state index in [2.05, 4.69) is 22.3 Å². The van der Waals surface area contributed by atoms with E-state index in [1.165, 1.54) is 12.0 Å². The molecule has 4 heteroatoms. The summed E-state index contributed by atoms with van der Waals surface area (Å²) in [6.45, 7) is 0.647. The van der Waals surface area contributed by atoms with Gasteiger partial charge in [0.15, 0.2) is 0 Å². The molecule has 110 valence electrons. The van der Waals surface area contributed by atoms with Crippen LogP contribution in [-0.4, -0.2) is 38.6 Å². The van der Waals surface area contributed by atoms with Crippen LogP contribution in [0.25, 0.3) is 0 Å². The summed E-state index contributed by atoms with van der Waals surface area (Å²) in [6.07, 6.45) is 3.27. The Bertz CT molecular complexity index is 438. The Morgan fingerprint density at radius 1 is 1.35 bits per heavy atom. The van der Waals surface area contributed by atoms with Crippen molar-refractivity contribution in [3.63, 3.8) is 0 Å². The van der Waals surface area contributed by atoms with Crippen LogP contribution in [0.3, 0.4) is 0 Å². The van der Waals surface area contributed by atoms with E-state index in [1.807, 2.05) is 26.2 Å². The minimum atomic E-state index is 0.185. The molecule has 20 heavy (non-hydrogen) atoms. The van der Waals surface area contributed by atoms with Gasteiger partial charge in [-0.2, -0.15) is 0 Å². The standard InChI is InChI=1S/C16H24N2O2/c1-18(2)15(11-17-16(19)13-5-4-6-13)12-7-9-14(20-3)10-8-12/h7-10,13,15H,4-6,11H2,1-3H3,(H,17,19). The lowest BCUT2D eigenvalue weighted by Gasteiger charge is -2.28. The molecule has 0 bridgehead atoms. The average molecular weight is 276 g/mol. The van der Waals surface area contributed by atoms with Crippen molar-refractivity contribution in [2.45, 2.75) is 25.3 Å². The Kier molecular flexibility index (Phi) is 5.01. The van der Waals surface area contributed by atoms with Crippen LogP contribution in [0.5, 0.6) is 5.75 Å². The van der Waals surface area contributed by atoms with Gasteiger partial charge in [-0.3, -0.25) is 4.79 Å². The predicted octanol–water partition coefficient (Wildman–Crippen LogP) is 2.21. The third-order valence-electron chi connectivity index (χ3n) is 4.07. The quantitative estimate of drug-likeness (QED) is 0.866. The van der Waals surface area contributed by atoms with E-state index in [4.69, 9.17) is 4.74 Å². The number of methoxy groups -OCH3 is 1. The molecule has 0 saturated heterocycles. The van der Waals surface area contributed by atoms with E-state index in [0.29, 0.717) is 6.54 Å². The molecule has 1 N–H and O–H groups in total. The molecule has 0 heterocycles. The first-order chi connectivity index (χ1) is 9.61. The van der Waals surface area contributed by atoms with Crippen LogP contribution in [-0.2, 0) is 4.79 Å². The van der Waals surface area contributed by atoms with Gasteiger partial charge in [-0.15, -0.1) is 0 Å². The SMILES string of the molecule is COc1ccc(C(CNC(=O)C2CCC2)N(C)C)cc1. The van der Waals surface area contributed by atoms with Crippen LogP contribution in [0, 0.1) is 5.92 Å². The van der Waals surface area contributed by atoms with Crippen molar-refractivity contribution in [2.24, 2.45) is 5.92 Å². The Labute approximate surface area is 121 Å². The van der Waals surface area contributed by atoms with Gasteiger partial charge in [0.2, 0.25) is 5.91 Å². The van der Waals surface area contributed by atoms with Gasteiger partial charge in [-0.05, 0) is 44.6 Å². The summed E-state index contributed by atoms with van der Waals surface area (Å²) in [5.41, 5.74) is 1.18. The number of rotatable bonds is 6. The molecule has 1 aliphatic carbocycles. The van der Waals surface area contributed by atoms with Gasteiger partial charge in [0.1, 0.15) is 5.75 Å². The first-order valence-electron chi connectivity index (χ1n) is 7.20. The minimum absolute atomic E-state index is 0.185. The van der Waals surface area contributed by atoms with E-state index in [-0.39, 0.29) is 17.9 Å². The monoisotopic (exact) mass is 276 g/mol. The molecule has 1 aliphatic rings. The molecule has 4 nitrogen and oxygen atoms in total. The van der Waals surface area contributed by atoms with Crippen LogP contribution in [0.4, 0.5) is 0 Å². The van der Waals surface area contributed by atoms with Crippen LogP contribution in [0.1, 0.15) is 30.9 Å². The molecule has 2 rings (SSSR count). The van der Waals surface area contributed by atoms with Crippen LogP contribution < -0.4 is 10.1 Å². The highest BCUT2D eigenvalue weighted by Crippen LogP contribution is 2.27. The van der Waals surface area contributed by atoms with Gasteiger partial charge in [0.25, 0.3) is 0 Å². The predicted molar refractivity (Wildman–Crippen MR) is 79.8 cm³/mol. The van der Waals surface area contributed by atoms with Crippen molar-refractivity contribution in [3.05, 3.63) is 29.8 Å². The molecule has 1 amide bonds. The Balaban J connectivity index is 1.96. The van der Waals surface area contributed by atoms with E-state index in [1.54, 1.807) is 7.11 Å². The number of hydrogen-bond acceptors (Lipinski definition) is 3. The topological polar surface area (TPSA) is 41.6 Å². The summed E-state index contributed by atoms with van der Waals surface area (Å²) < 4.78 is 5.18. The molecule has 0 spiro atoms. The maximum absolute atomic E-state index is 11.9. The lowest BCUT2D eigenvalue weighted by atomic mass is 9.85. The van der Waals surface area contributed by atoms with Crippen LogP contribution in [0.2, 0.25) is 0 Å². The lowest BCUT2D eigenvalue weighted by molar-refractivity contribution is -0.127. The second-order valence-corrected chi connectivity index (χ2v) is 5.63. The number of hydrogen-bond donors (Lipinski definition) is 1. The number of nitrogens with one attached hydrogen (secondary N) is 1. The van der Waals surface area contributed by atoms with Gasteiger partial charge in [0, 0.05) is 12.5 Å². The fourth-order valence-electron chi connectivity index (χ4n) is 2.44. The number of carbonyl (C=O) groups excluding carboxylic acids is 1. The normalized spacial score (nSPS) is 16.6. The molecule has 0 radical (unpaired) electrons. The summed E-state index contributed by atoms with van der Waals surface area (Å²) in [5, 5.41) is 3.08. The van der Waals surface area contributed by atoms with Crippen LogP contribution >= 0.6 is 0 Å². The molecule has 0 aromatic heterocycles. The lowest BCUT2D eigenvalue weighted by Crippen LogP contribution is -2.39. The van der Waals surface area contributed by atoms with Gasteiger partial charge >= 0.3 is 0 Å². The second-order valence-electron chi connectivity index (χ2n) is 5.63. The Hall–Kier alpha value is -1.55. The summed E-state index contributed by atoms with van der Waals surface area (Å²) in [4.78, 5) is 14.1. The van der Waals surface area contributed by atoms with Crippen molar-refractivity contribution in [1.29, 1.82) is 0 Å². The first-order valence-corrected chi connectivity index (χ1v) is 7.20. The zero-order valence-electron chi connectivity index (χ0n) is 12.6. The molecule has 1 atom stereocenters. The number of carbonyl (C=O) groups is 1. The zero-order chi connectivity index (χ0) is 14.5. The second kappa shape index (κ2) is 6.75. The van der Waals surface area contributed by atoms with Gasteiger partial charge in [-0.25, -0.2) is 0 Å². The highest BCUT2D eigenvalue weighted by Gasteiger charge is 2.26. The van der Waals surface area contributed by atoms with Crippen molar-refractivity contribution in [1.82, 2.24) is 10.2 Å².